The van der Waals surface area contributed by atoms with E-state index in [1.54, 1.807) is 34.0 Å². The number of aliphatic carboxylic acids is 1. The zero-order chi connectivity index (χ0) is 16.7. The van der Waals surface area contributed by atoms with E-state index in [0.29, 0.717) is 17.9 Å². The van der Waals surface area contributed by atoms with Crippen LogP contribution in [0.25, 0.3) is 0 Å². The van der Waals surface area contributed by atoms with Crippen LogP contribution in [0.3, 0.4) is 0 Å². The topological polar surface area (TPSA) is 93.5 Å². The minimum Gasteiger partial charge on any atom is -0.479 e. The van der Waals surface area contributed by atoms with Gasteiger partial charge in [-0.2, -0.15) is 5.10 Å². The third-order valence-corrected chi connectivity index (χ3v) is 4.71. The summed E-state index contributed by atoms with van der Waals surface area (Å²) < 4.78 is 7.12. The second kappa shape index (κ2) is 5.39. The summed E-state index contributed by atoms with van der Waals surface area (Å²) in [5, 5.41) is 16.5. The van der Waals surface area contributed by atoms with E-state index < -0.39 is 22.8 Å². The lowest BCUT2D eigenvalue weighted by Gasteiger charge is -2.58. The summed E-state index contributed by atoms with van der Waals surface area (Å²) >= 11 is 0. The molecule has 1 aromatic rings. The van der Waals surface area contributed by atoms with Gasteiger partial charge in [0.1, 0.15) is 5.54 Å². The van der Waals surface area contributed by atoms with E-state index in [9.17, 15) is 14.7 Å². The van der Waals surface area contributed by atoms with Gasteiger partial charge >= 0.3 is 5.97 Å². The number of carbonyl (C=O) groups excluding carboxylic acids is 1. The van der Waals surface area contributed by atoms with E-state index in [1.165, 1.54) is 4.68 Å². The van der Waals surface area contributed by atoms with Crippen molar-refractivity contribution < 1.29 is 19.4 Å². The molecule has 7 nitrogen and oxygen atoms in total. The van der Waals surface area contributed by atoms with Gasteiger partial charge in [0.2, 0.25) is 0 Å². The number of nitrogens with zero attached hydrogens (tertiary/aromatic N) is 2. The summed E-state index contributed by atoms with van der Waals surface area (Å²) in [7, 11) is 1.72. The van der Waals surface area contributed by atoms with Crippen molar-refractivity contribution in [2.24, 2.45) is 12.5 Å². The second-order valence-electron chi connectivity index (χ2n) is 6.34. The van der Waals surface area contributed by atoms with Crippen LogP contribution in [0.15, 0.2) is 6.20 Å². The molecule has 1 aliphatic rings. The number of hydrogen-bond acceptors (Lipinski definition) is 4. The number of amides is 1. The summed E-state index contributed by atoms with van der Waals surface area (Å²) in [6.07, 6.45) is 1.66. The highest BCUT2D eigenvalue weighted by Crippen LogP contribution is 2.51. The predicted octanol–water partition coefficient (Wildman–Crippen LogP) is 1.12. The first-order valence-corrected chi connectivity index (χ1v) is 7.33. The zero-order valence-electron chi connectivity index (χ0n) is 13.6. The quantitative estimate of drug-likeness (QED) is 0.850. The van der Waals surface area contributed by atoms with E-state index >= 15 is 0 Å². The lowest BCUT2D eigenvalue weighted by molar-refractivity contribution is -0.190. The van der Waals surface area contributed by atoms with Crippen molar-refractivity contribution >= 4 is 11.9 Å². The number of nitrogens with one attached hydrogen (secondary N) is 1. The van der Waals surface area contributed by atoms with Crippen LogP contribution in [-0.4, -0.2) is 45.0 Å². The summed E-state index contributed by atoms with van der Waals surface area (Å²) in [6, 6.07) is 0. The number of carboxylic acid groups (broad SMARTS) is 1. The molecule has 1 saturated carbocycles. The first-order valence-electron chi connectivity index (χ1n) is 7.33. The van der Waals surface area contributed by atoms with Gasteiger partial charge < -0.3 is 15.2 Å². The Morgan fingerprint density at radius 3 is 2.59 bits per heavy atom. The lowest BCUT2D eigenvalue weighted by atomic mass is 9.54. The Morgan fingerprint density at radius 2 is 2.18 bits per heavy atom. The highest BCUT2D eigenvalue weighted by atomic mass is 16.5. The number of carbonyl (C=O) groups is 2. The minimum absolute atomic E-state index is 0.191. The molecule has 1 fully saturated rings. The van der Waals surface area contributed by atoms with E-state index in [2.05, 4.69) is 10.4 Å². The highest BCUT2D eigenvalue weighted by molar-refractivity contribution is 5.99. The summed E-state index contributed by atoms with van der Waals surface area (Å²) in [4.78, 5) is 24.3. The fourth-order valence-corrected chi connectivity index (χ4v) is 3.12. The van der Waals surface area contributed by atoms with Gasteiger partial charge in [0, 0.05) is 31.7 Å². The normalized spacial score (nSPS) is 26.3. The summed E-state index contributed by atoms with van der Waals surface area (Å²) in [6.45, 7) is 7.72. The zero-order valence-corrected chi connectivity index (χ0v) is 13.6. The van der Waals surface area contributed by atoms with E-state index in [-0.39, 0.29) is 12.5 Å². The molecule has 0 bridgehead atoms. The average Bonchev–Trinajstić information content (AvgIpc) is 2.75. The monoisotopic (exact) mass is 309 g/mol. The number of aromatic nitrogens is 2. The van der Waals surface area contributed by atoms with Crippen molar-refractivity contribution in [1.82, 2.24) is 15.1 Å². The van der Waals surface area contributed by atoms with Gasteiger partial charge in [0.05, 0.1) is 17.4 Å². The SMILES string of the molecule is CCO[C@@H]1C[C@](NC(=O)c2cn(C)nc2C)(C(=O)O)C1(C)C. The van der Waals surface area contributed by atoms with Crippen LogP contribution in [0.4, 0.5) is 0 Å². The first-order chi connectivity index (χ1) is 10.2. The fraction of sp³-hybridized carbons (Fsp3) is 0.667. The van der Waals surface area contributed by atoms with Gasteiger partial charge in [-0.15, -0.1) is 0 Å². The second-order valence-corrected chi connectivity index (χ2v) is 6.34. The number of hydrogen-bond donors (Lipinski definition) is 2. The maximum Gasteiger partial charge on any atom is 0.330 e. The molecular formula is C15H23N3O4. The maximum absolute atomic E-state index is 12.5. The molecule has 1 aliphatic carbocycles. The van der Waals surface area contributed by atoms with Crippen LogP contribution >= 0.6 is 0 Å². The molecule has 0 unspecified atom stereocenters. The molecule has 22 heavy (non-hydrogen) atoms. The molecule has 7 heteroatoms. The number of ether oxygens (including phenoxy) is 1. The molecule has 2 N–H and O–H groups in total. The van der Waals surface area contributed by atoms with Gasteiger partial charge in [-0.25, -0.2) is 4.79 Å². The average molecular weight is 309 g/mol. The lowest BCUT2D eigenvalue weighted by Crippen LogP contribution is -2.76. The minimum atomic E-state index is -1.33. The Labute approximate surface area is 129 Å². The summed E-state index contributed by atoms with van der Waals surface area (Å²) in [5.74, 6) is -1.46. The molecule has 0 spiro atoms. The van der Waals surface area contributed by atoms with Crippen molar-refractivity contribution in [1.29, 1.82) is 0 Å². The van der Waals surface area contributed by atoms with Crippen molar-refractivity contribution in [2.75, 3.05) is 6.61 Å². The van der Waals surface area contributed by atoms with Crippen LogP contribution in [0, 0.1) is 12.3 Å². The van der Waals surface area contributed by atoms with E-state index in [4.69, 9.17) is 4.74 Å². The van der Waals surface area contributed by atoms with Crippen molar-refractivity contribution in [3.05, 3.63) is 17.5 Å². The van der Waals surface area contributed by atoms with Crippen LogP contribution in [0.1, 0.15) is 43.2 Å². The molecule has 1 heterocycles. The molecular weight excluding hydrogens is 286 g/mol. The smallest absolute Gasteiger partial charge is 0.330 e. The Bertz CT molecular complexity index is 608. The Morgan fingerprint density at radius 1 is 1.55 bits per heavy atom. The van der Waals surface area contributed by atoms with Gasteiger partial charge in [-0.3, -0.25) is 9.48 Å². The Hall–Kier alpha value is -1.89. The molecule has 1 aromatic heterocycles. The first kappa shape index (κ1) is 16.5. The molecule has 0 aromatic carbocycles. The standard InChI is InChI=1S/C15H23N3O4/c1-6-22-11-7-15(13(20)21,14(11,3)4)16-12(19)10-8-18(5)17-9(10)2/h8,11H,6-7H2,1-5H3,(H,16,19)(H,20,21)/t11-,15+/m1/s1. The van der Waals surface area contributed by atoms with Crippen LogP contribution in [-0.2, 0) is 16.6 Å². The molecule has 0 radical (unpaired) electrons. The molecule has 2 rings (SSSR count). The maximum atomic E-state index is 12.5. The Kier molecular flexibility index (Phi) is 4.04. The largest absolute Gasteiger partial charge is 0.479 e. The van der Waals surface area contributed by atoms with Crippen molar-refractivity contribution in [3.63, 3.8) is 0 Å². The van der Waals surface area contributed by atoms with Crippen LogP contribution in [0.2, 0.25) is 0 Å². The molecule has 0 saturated heterocycles. The molecule has 2 atom stereocenters. The predicted molar refractivity (Wildman–Crippen MR) is 79.6 cm³/mol. The van der Waals surface area contributed by atoms with Crippen LogP contribution in [0.5, 0.6) is 0 Å². The van der Waals surface area contributed by atoms with E-state index in [0.717, 1.165) is 0 Å². The van der Waals surface area contributed by atoms with Gasteiger partial charge in [0.15, 0.2) is 0 Å². The van der Waals surface area contributed by atoms with Crippen molar-refractivity contribution in [3.8, 4) is 0 Å². The van der Waals surface area contributed by atoms with Crippen molar-refractivity contribution in [2.45, 2.75) is 45.8 Å². The Balaban J connectivity index is 2.26. The third-order valence-electron chi connectivity index (χ3n) is 4.71. The van der Waals surface area contributed by atoms with E-state index in [1.807, 2.05) is 6.92 Å². The number of rotatable bonds is 5. The highest BCUT2D eigenvalue weighted by Gasteiger charge is 2.66. The van der Waals surface area contributed by atoms with Gasteiger partial charge in [-0.05, 0) is 13.8 Å². The summed E-state index contributed by atoms with van der Waals surface area (Å²) in [5.41, 5.74) is -1.06. The molecule has 0 aliphatic heterocycles. The fourth-order valence-electron chi connectivity index (χ4n) is 3.12. The molecule has 1 amide bonds. The molecule has 122 valence electrons. The number of aryl methyl sites for hydroxylation is 2. The third kappa shape index (κ3) is 2.29. The van der Waals surface area contributed by atoms with Gasteiger partial charge in [0.25, 0.3) is 5.91 Å². The van der Waals surface area contributed by atoms with Crippen LogP contribution < -0.4 is 5.32 Å². The van der Waals surface area contributed by atoms with Gasteiger partial charge in [-0.1, -0.05) is 13.8 Å². The number of carboxylic acids is 1.